The summed E-state index contributed by atoms with van der Waals surface area (Å²) in [5.74, 6) is 0.326. The first-order valence-corrected chi connectivity index (χ1v) is 6.00. The molecule has 3 nitrogen and oxygen atoms in total. The maximum absolute atomic E-state index is 13.7. The predicted octanol–water partition coefficient (Wildman–Crippen LogP) is 2.74. The Bertz CT molecular complexity index is 287. The molecule has 3 fully saturated rings. The summed E-state index contributed by atoms with van der Waals surface area (Å²) >= 11 is 0. The Labute approximate surface area is 95.9 Å². The monoisotopic (exact) mass is 229 g/mol. The number of rotatable bonds is 0. The molecule has 0 aromatic heterocycles. The number of ether oxygens (including phenoxy) is 1. The average molecular weight is 229 g/mol. The quantitative estimate of drug-likeness (QED) is 0.639. The van der Waals surface area contributed by atoms with E-state index in [4.69, 9.17) is 4.74 Å². The van der Waals surface area contributed by atoms with Crippen LogP contribution in [0, 0.1) is 5.92 Å². The lowest BCUT2D eigenvalue weighted by molar-refractivity contribution is -0.0394. The van der Waals surface area contributed by atoms with Gasteiger partial charge in [0.05, 0.1) is 6.04 Å². The van der Waals surface area contributed by atoms with Gasteiger partial charge in [-0.2, -0.15) is 0 Å². The highest BCUT2D eigenvalue weighted by molar-refractivity contribution is 5.69. The maximum atomic E-state index is 13.7. The van der Waals surface area contributed by atoms with Gasteiger partial charge in [0.2, 0.25) is 0 Å². The molecule has 16 heavy (non-hydrogen) atoms. The third-order valence-electron chi connectivity index (χ3n) is 3.33. The molecule has 2 aliphatic heterocycles. The first kappa shape index (κ1) is 11.7. The average Bonchev–Trinajstić information content (AvgIpc) is 2.15. The van der Waals surface area contributed by atoms with Gasteiger partial charge < -0.3 is 9.64 Å². The summed E-state index contributed by atoms with van der Waals surface area (Å²) in [5.41, 5.74) is -0.500. The maximum Gasteiger partial charge on any atom is 0.410 e. The fourth-order valence-electron chi connectivity index (χ4n) is 2.64. The molecule has 0 N–H and O–H groups in total. The summed E-state index contributed by atoms with van der Waals surface area (Å²) in [6.07, 6.45) is 1.23. The SMILES string of the molecule is CC(C)(C)OC(=O)N1CC2CCC1C(F)C2. The van der Waals surface area contributed by atoms with Crippen molar-refractivity contribution < 1.29 is 13.9 Å². The van der Waals surface area contributed by atoms with Crippen molar-refractivity contribution in [2.75, 3.05) is 6.54 Å². The minimum Gasteiger partial charge on any atom is -0.444 e. The third kappa shape index (κ3) is 2.30. The molecular formula is C12H20FNO2. The zero-order valence-corrected chi connectivity index (χ0v) is 10.2. The molecule has 0 aromatic rings. The van der Waals surface area contributed by atoms with E-state index in [2.05, 4.69) is 0 Å². The van der Waals surface area contributed by atoms with Gasteiger partial charge in [0.25, 0.3) is 0 Å². The summed E-state index contributed by atoms with van der Waals surface area (Å²) in [7, 11) is 0. The van der Waals surface area contributed by atoms with Crippen molar-refractivity contribution in [2.45, 2.75) is 57.8 Å². The molecule has 0 spiro atoms. The van der Waals surface area contributed by atoms with Gasteiger partial charge in [0.1, 0.15) is 11.8 Å². The number of fused-ring (bicyclic) bond motifs is 3. The van der Waals surface area contributed by atoms with Crippen molar-refractivity contribution in [3.63, 3.8) is 0 Å². The van der Waals surface area contributed by atoms with Gasteiger partial charge in [-0.1, -0.05) is 0 Å². The Kier molecular flexibility index (Phi) is 2.84. The van der Waals surface area contributed by atoms with Crippen LogP contribution in [0.4, 0.5) is 9.18 Å². The zero-order chi connectivity index (χ0) is 11.9. The number of alkyl halides is 1. The highest BCUT2D eigenvalue weighted by atomic mass is 19.1. The first-order valence-electron chi connectivity index (χ1n) is 6.00. The van der Waals surface area contributed by atoms with Crippen LogP contribution in [0.2, 0.25) is 0 Å². The molecule has 3 aliphatic rings. The molecule has 4 heteroatoms. The van der Waals surface area contributed by atoms with Gasteiger partial charge in [0, 0.05) is 6.54 Å². The van der Waals surface area contributed by atoms with E-state index in [1.165, 1.54) is 0 Å². The van der Waals surface area contributed by atoms with E-state index in [-0.39, 0.29) is 12.1 Å². The molecule has 1 saturated carbocycles. The van der Waals surface area contributed by atoms with Crippen molar-refractivity contribution in [2.24, 2.45) is 5.92 Å². The van der Waals surface area contributed by atoms with E-state index in [1.54, 1.807) is 4.90 Å². The molecular weight excluding hydrogens is 209 g/mol. The van der Waals surface area contributed by atoms with Gasteiger partial charge in [-0.25, -0.2) is 9.18 Å². The van der Waals surface area contributed by atoms with Crippen LogP contribution in [0.15, 0.2) is 0 Å². The Balaban J connectivity index is 2.02. The molecule has 1 aliphatic carbocycles. The summed E-state index contributed by atoms with van der Waals surface area (Å²) in [4.78, 5) is 13.5. The molecule has 3 rings (SSSR count). The van der Waals surface area contributed by atoms with Crippen LogP contribution in [-0.4, -0.2) is 35.4 Å². The number of carbonyl (C=O) groups excluding carboxylic acids is 1. The molecule has 92 valence electrons. The molecule has 2 saturated heterocycles. The summed E-state index contributed by atoms with van der Waals surface area (Å²) in [6, 6.07) is -0.250. The Morgan fingerprint density at radius 3 is 2.56 bits per heavy atom. The number of carbonyl (C=O) groups is 1. The highest BCUT2D eigenvalue weighted by Gasteiger charge is 2.44. The van der Waals surface area contributed by atoms with Gasteiger partial charge in [-0.15, -0.1) is 0 Å². The first-order chi connectivity index (χ1) is 7.37. The lowest BCUT2D eigenvalue weighted by atomic mass is 9.79. The topological polar surface area (TPSA) is 29.5 Å². The molecule has 0 radical (unpaired) electrons. The number of halogens is 1. The second-order valence-corrected chi connectivity index (χ2v) is 5.90. The number of piperidine rings is 2. The molecule has 3 atom stereocenters. The Morgan fingerprint density at radius 1 is 1.38 bits per heavy atom. The fourth-order valence-corrected chi connectivity index (χ4v) is 2.64. The van der Waals surface area contributed by atoms with Crippen LogP contribution < -0.4 is 0 Å². The van der Waals surface area contributed by atoms with Crippen molar-refractivity contribution in [3.8, 4) is 0 Å². The number of hydrogen-bond donors (Lipinski definition) is 0. The van der Waals surface area contributed by atoms with E-state index in [0.29, 0.717) is 18.9 Å². The third-order valence-corrected chi connectivity index (χ3v) is 3.33. The van der Waals surface area contributed by atoms with E-state index in [0.717, 1.165) is 12.8 Å². The number of hydrogen-bond acceptors (Lipinski definition) is 2. The van der Waals surface area contributed by atoms with Crippen LogP contribution >= 0.6 is 0 Å². The minimum absolute atomic E-state index is 0.250. The number of nitrogens with zero attached hydrogens (tertiary/aromatic N) is 1. The lowest BCUT2D eigenvalue weighted by Crippen LogP contribution is -2.57. The largest absolute Gasteiger partial charge is 0.444 e. The van der Waals surface area contributed by atoms with Gasteiger partial charge in [-0.3, -0.25) is 0 Å². The second kappa shape index (κ2) is 3.90. The van der Waals surface area contributed by atoms with E-state index < -0.39 is 11.8 Å². The normalized spacial score (nSPS) is 34.0. The van der Waals surface area contributed by atoms with E-state index in [9.17, 15) is 9.18 Å². The highest BCUT2D eigenvalue weighted by Crippen LogP contribution is 2.37. The molecule has 2 heterocycles. The van der Waals surface area contributed by atoms with Gasteiger partial charge in [0.15, 0.2) is 0 Å². The molecule has 3 unspecified atom stereocenters. The van der Waals surface area contributed by atoms with Crippen LogP contribution in [-0.2, 0) is 4.74 Å². The van der Waals surface area contributed by atoms with Crippen molar-refractivity contribution >= 4 is 6.09 Å². The summed E-state index contributed by atoms with van der Waals surface area (Å²) in [6.45, 7) is 6.17. The fraction of sp³-hybridized carbons (Fsp3) is 0.917. The zero-order valence-electron chi connectivity index (χ0n) is 10.2. The van der Waals surface area contributed by atoms with Gasteiger partial charge in [-0.05, 0) is 46.0 Å². The van der Waals surface area contributed by atoms with Crippen molar-refractivity contribution in [1.29, 1.82) is 0 Å². The lowest BCUT2D eigenvalue weighted by Gasteiger charge is -2.46. The van der Waals surface area contributed by atoms with Gasteiger partial charge >= 0.3 is 6.09 Å². The summed E-state index contributed by atoms with van der Waals surface area (Å²) < 4.78 is 19.0. The van der Waals surface area contributed by atoms with E-state index >= 15 is 0 Å². The molecule has 2 bridgehead atoms. The molecule has 0 aromatic carbocycles. The Morgan fingerprint density at radius 2 is 2.06 bits per heavy atom. The smallest absolute Gasteiger partial charge is 0.410 e. The van der Waals surface area contributed by atoms with Crippen LogP contribution in [0.5, 0.6) is 0 Å². The van der Waals surface area contributed by atoms with E-state index in [1.807, 2.05) is 20.8 Å². The minimum atomic E-state index is -0.861. The number of amides is 1. The van der Waals surface area contributed by atoms with Crippen LogP contribution in [0.3, 0.4) is 0 Å². The Hall–Kier alpha value is -0.800. The summed E-state index contributed by atoms with van der Waals surface area (Å²) in [5, 5.41) is 0. The predicted molar refractivity (Wildman–Crippen MR) is 59.0 cm³/mol. The van der Waals surface area contributed by atoms with Crippen molar-refractivity contribution in [1.82, 2.24) is 4.90 Å². The standard InChI is InChI=1S/C12H20FNO2/c1-12(2,3)16-11(15)14-7-8-4-5-10(14)9(13)6-8/h8-10H,4-7H2,1-3H3. The van der Waals surface area contributed by atoms with Crippen LogP contribution in [0.25, 0.3) is 0 Å². The van der Waals surface area contributed by atoms with Crippen LogP contribution in [0.1, 0.15) is 40.0 Å². The molecule has 1 amide bonds. The van der Waals surface area contributed by atoms with Crippen molar-refractivity contribution in [3.05, 3.63) is 0 Å². The second-order valence-electron chi connectivity index (χ2n) is 5.90.